The highest BCUT2D eigenvalue weighted by atomic mass is 35.5. The fourth-order valence-electron chi connectivity index (χ4n) is 2.44. The van der Waals surface area contributed by atoms with Crippen molar-refractivity contribution in [2.24, 2.45) is 11.7 Å². The Morgan fingerprint density at radius 3 is 2.79 bits per heavy atom. The molecule has 1 aromatic heterocycles. The van der Waals surface area contributed by atoms with E-state index in [2.05, 4.69) is 17.3 Å². The lowest BCUT2D eigenvalue weighted by atomic mass is 9.91. The molecule has 1 aliphatic carbocycles. The van der Waals surface area contributed by atoms with E-state index in [9.17, 15) is 4.79 Å². The molecule has 1 atom stereocenters. The van der Waals surface area contributed by atoms with Gasteiger partial charge in [0.25, 0.3) is 0 Å². The zero-order valence-electron chi connectivity index (χ0n) is 11.4. The van der Waals surface area contributed by atoms with Crippen LogP contribution < -0.4 is 11.1 Å². The molecule has 1 saturated carbocycles. The fraction of sp³-hybridized carbons (Fsp3) is 0.692. The standard InChI is InChI=1S/C13H21ClN4O/c1-3-6-16-13(12(15)19,10-4-5-10)8-18-9(2)11(14)7-17-18/h7,10,16H,3-6,8H2,1-2H3,(H2,15,19). The molecular weight excluding hydrogens is 264 g/mol. The lowest BCUT2D eigenvalue weighted by Gasteiger charge is -2.32. The van der Waals surface area contributed by atoms with Gasteiger partial charge in [0.05, 0.1) is 23.5 Å². The predicted octanol–water partition coefficient (Wildman–Crippen LogP) is 1.48. The molecular formula is C13H21ClN4O. The van der Waals surface area contributed by atoms with Crippen LogP contribution in [-0.2, 0) is 11.3 Å². The second-order valence-electron chi connectivity index (χ2n) is 5.27. The van der Waals surface area contributed by atoms with Gasteiger partial charge in [-0.05, 0) is 38.6 Å². The van der Waals surface area contributed by atoms with Gasteiger partial charge in [-0.25, -0.2) is 0 Å². The first-order valence-corrected chi connectivity index (χ1v) is 7.12. The minimum absolute atomic E-state index is 0.297. The Bertz CT molecular complexity index is 469. The Labute approximate surface area is 118 Å². The Hall–Kier alpha value is -1.07. The number of nitrogens with one attached hydrogen (secondary N) is 1. The second kappa shape index (κ2) is 5.51. The van der Waals surface area contributed by atoms with Gasteiger partial charge in [0.15, 0.2) is 0 Å². The third-order valence-corrected chi connectivity index (χ3v) is 4.22. The molecule has 1 amide bonds. The lowest BCUT2D eigenvalue weighted by Crippen LogP contribution is -2.60. The minimum Gasteiger partial charge on any atom is -0.368 e. The van der Waals surface area contributed by atoms with E-state index < -0.39 is 5.54 Å². The van der Waals surface area contributed by atoms with Crippen LogP contribution in [0.25, 0.3) is 0 Å². The van der Waals surface area contributed by atoms with Gasteiger partial charge in [-0.1, -0.05) is 18.5 Å². The third kappa shape index (κ3) is 2.77. The zero-order chi connectivity index (χ0) is 14.0. The first kappa shape index (κ1) is 14.3. The summed E-state index contributed by atoms with van der Waals surface area (Å²) in [5.74, 6) is 0.00778. The number of nitrogens with two attached hydrogens (primary N) is 1. The van der Waals surface area contributed by atoms with Crippen molar-refractivity contribution in [3.8, 4) is 0 Å². The van der Waals surface area contributed by atoms with Crippen molar-refractivity contribution in [2.75, 3.05) is 6.54 Å². The summed E-state index contributed by atoms with van der Waals surface area (Å²) in [6.45, 7) is 5.19. The summed E-state index contributed by atoms with van der Waals surface area (Å²) in [6, 6.07) is 0. The van der Waals surface area contributed by atoms with Gasteiger partial charge in [-0.2, -0.15) is 5.10 Å². The third-order valence-electron chi connectivity index (χ3n) is 3.85. The molecule has 0 saturated heterocycles. The molecule has 1 fully saturated rings. The predicted molar refractivity (Wildman–Crippen MR) is 74.9 cm³/mol. The number of hydrogen-bond acceptors (Lipinski definition) is 3. The van der Waals surface area contributed by atoms with Gasteiger partial charge < -0.3 is 11.1 Å². The highest BCUT2D eigenvalue weighted by molar-refractivity contribution is 6.31. The van der Waals surface area contributed by atoms with Crippen LogP contribution >= 0.6 is 11.6 Å². The highest BCUT2D eigenvalue weighted by Gasteiger charge is 2.50. The van der Waals surface area contributed by atoms with Crippen LogP contribution in [0.3, 0.4) is 0 Å². The summed E-state index contributed by atoms with van der Waals surface area (Å²) in [5.41, 5.74) is 5.85. The maximum Gasteiger partial charge on any atom is 0.239 e. The summed E-state index contributed by atoms with van der Waals surface area (Å²) in [5, 5.41) is 8.20. The summed E-state index contributed by atoms with van der Waals surface area (Å²) in [6.07, 6.45) is 4.64. The average molecular weight is 285 g/mol. The number of carbonyl (C=O) groups is 1. The van der Waals surface area contributed by atoms with Crippen molar-refractivity contribution in [3.63, 3.8) is 0 Å². The van der Waals surface area contributed by atoms with Crippen molar-refractivity contribution >= 4 is 17.5 Å². The smallest absolute Gasteiger partial charge is 0.239 e. The maximum absolute atomic E-state index is 12.0. The Morgan fingerprint density at radius 1 is 1.68 bits per heavy atom. The molecule has 1 aromatic rings. The number of primary amides is 1. The Kier molecular flexibility index (Phi) is 4.16. The molecule has 19 heavy (non-hydrogen) atoms. The lowest BCUT2D eigenvalue weighted by molar-refractivity contribution is -0.126. The van der Waals surface area contributed by atoms with Gasteiger partial charge in [0.2, 0.25) is 5.91 Å². The molecule has 0 bridgehead atoms. The van der Waals surface area contributed by atoms with E-state index >= 15 is 0 Å². The van der Waals surface area contributed by atoms with Crippen LogP contribution in [0, 0.1) is 12.8 Å². The molecule has 0 radical (unpaired) electrons. The first-order valence-electron chi connectivity index (χ1n) is 6.74. The number of aromatic nitrogens is 2. The van der Waals surface area contributed by atoms with Gasteiger partial charge in [-0.15, -0.1) is 0 Å². The summed E-state index contributed by atoms with van der Waals surface area (Å²) >= 11 is 6.02. The molecule has 2 rings (SSSR count). The van der Waals surface area contributed by atoms with Crippen LogP contribution in [0.5, 0.6) is 0 Å². The van der Waals surface area contributed by atoms with E-state index in [1.54, 1.807) is 10.9 Å². The van der Waals surface area contributed by atoms with Crippen molar-refractivity contribution in [2.45, 2.75) is 45.2 Å². The van der Waals surface area contributed by atoms with Crippen molar-refractivity contribution in [1.29, 1.82) is 0 Å². The maximum atomic E-state index is 12.0. The molecule has 3 N–H and O–H groups in total. The minimum atomic E-state index is -0.698. The van der Waals surface area contributed by atoms with Crippen LogP contribution in [0.2, 0.25) is 5.02 Å². The largest absolute Gasteiger partial charge is 0.368 e. The Balaban J connectivity index is 2.26. The molecule has 1 unspecified atom stereocenters. The number of hydrogen-bond donors (Lipinski definition) is 2. The number of rotatable bonds is 7. The number of halogens is 1. The fourth-order valence-corrected chi connectivity index (χ4v) is 2.58. The van der Waals surface area contributed by atoms with Crippen molar-refractivity contribution in [3.05, 3.63) is 16.9 Å². The molecule has 1 aliphatic rings. The van der Waals surface area contributed by atoms with E-state index in [-0.39, 0.29) is 5.91 Å². The Morgan fingerprint density at radius 2 is 2.37 bits per heavy atom. The molecule has 0 aromatic carbocycles. The van der Waals surface area contributed by atoms with Crippen LogP contribution in [0.4, 0.5) is 0 Å². The highest BCUT2D eigenvalue weighted by Crippen LogP contribution is 2.41. The molecule has 6 heteroatoms. The topological polar surface area (TPSA) is 72.9 Å². The summed E-state index contributed by atoms with van der Waals surface area (Å²) < 4.78 is 1.77. The normalized spacial score (nSPS) is 18.3. The monoisotopic (exact) mass is 284 g/mol. The quantitative estimate of drug-likeness (QED) is 0.796. The summed E-state index contributed by atoms with van der Waals surface area (Å²) in [7, 11) is 0. The van der Waals surface area contributed by atoms with E-state index in [1.165, 1.54) is 0 Å². The summed E-state index contributed by atoms with van der Waals surface area (Å²) in [4.78, 5) is 12.0. The second-order valence-corrected chi connectivity index (χ2v) is 5.68. The van der Waals surface area contributed by atoms with Crippen LogP contribution in [0.15, 0.2) is 6.20 Å². The van der Waals surface area contributed by atoms with Gasteiger partial charge in [-0.3, -0.25) is 9.48 Å². The van der Waals surface area contributed by atoms with Crippen LogP contribution in [-0.4, -0.2) is 27.8 Å². The molecule has 0 aliphatic heterocycles. The first-order chi connectivity index (χ1) is 9.01. The number of nitrogens with zero attached hydrogens (tertiary/aromatic N) is 2. The van der Waals surface area contributed by atoms with E-state index in [0.717, 1.165) is 31.5 Å². The van der Waals surface area contributed by atoms with Gasteiger partial charge in [0, 0.05) is 0 Å². The van der Waals surface area contributed by atoms with Crippen molar-refractivity contribution < 1.29 is 4.79 Å². The zero-order valence-corrected chi connectivity index (χ0v) is 12.2. The molecule has 0 spiro atoms. The molecule has 1 heterocycles. The molecule has 106 valence electrons. The van der Waals surface area contributed by atoms with E-state index in [4.69, 9.17) is 17.3 Å². The average Bonchev–Trinajstić information content (AvgIpc) is 3.17. The van der Waals surface area contributed by atoms with Crippen molar-refractivity contribution in [1.82, 2.24) is 15.1 Å². The number of carbonyl (C=O) groups excluding carboxylic acids is 1. The number of amides is 1. The van der Waals surface area contributed by atoms with Crippen LogP contribution in [0.1, 0.15) is 31.9 Å². The van der Waals surface area contributed by atoms with E-state index in [0.29, 0.717) is 17.5 Å². The SMILES string of the molecule is CCCNC(Cn1ncc(Cl)c1C)(C(N)=O)C1CC1. The van der Waals surface area contributed by atoms with Gasteiger partial charge in [0.1, 0.15) is 5.54 Å². The van der Waals surface area contributed by atoms with E-state index in [1.807, 2.05) is 6.92 Å². The molecule has 5 nitrogen and oxygen atoms in total. The van der Waals surface area contributed by atoms with Gasteiger partial charge >= 0.3 is 0 Å².